The molecule has 100 valence electrons. The van der Waals surface area contributed by atoms with Gasteiger partial charge in [-0.05, 0) is 50.9 Å². The van der Waals surface area contributed by atoms with E-state index in [1.54, 1.807) is 0 Å². The van der Waals surface area contributed by atoms with Gasteiger partial charge in [0, 0.05) is 19.3 Å². The van der Waals surface area contributed by atoms with E-state index in [0.717, 1.165) is 25.4 Å². The minimum atomic E-state index is 0.353. The van der Waals surface area contributed by atoms with Gasteiger partial charge in [-0.1, -0.05) is 12.1 Å². The van der Waals surface area contributed by atoms with Crippen LogP contribution in [-0.4, -0.2) is 26.4 Å². The molecule has 0 radical (unpaired) electrons. The molecule has 1 unspecified atom stereocenters. The minimum Gasteiger partial charge on any atom is -0.490 e. The number of benzene rings is 1. The lowest BCUT2D eigenvalue weighted by molar-refractivity contribution is 0.137. The Balaban J connectivity index is 1.88. The van der Waals surface area contributed by atoms with Crippen LogP contribution < -0.4 is 10.1 Å². The van der Waals surface area contributed by atoms with E-state index in [-0.39, 0.29) is 0 Å². The first-order chi connectivity index (χ1) is 8.83. The van der Waals surface area contributed by atoms with Gasteiger partial charge in [0.1, 0.15) is 5.75 Å². The van der Waals surface area contributed by atoms with Crippen LogP contribution in [0.5, 0.6) is 5.75 Å². The zero-order valence-electron chi connectivity index (χ0n) is 11.3. The van der Waals surface area contributed by atoms with Gasteiger partial charge in [-0.25, -0.2) is 0 Å². The van der Waals surface area contributed by atoms with Gasteiger partial charge in [0.05, 0.1) is 6.10 Å². The van der Waals surface area contributed by atoms with Gasteiger partial charge in [0.15, 0.2) is 0 Å². The van der Waals surface area contributed by atoms with Crippen molar-refractivity contribution in [2.45, 2.75) is 38.3 Å². The molecule has 0 aromatic heterocycles. The molecule has 0 amide bonds. The smallest absolute Gasteiger partial charge is 0.119 e. The van der Waals surface area contributed by atoms with E-state index in [1.807, 2.05) is 14.0 Å². The van der Waals surface area contributed by atoms with Crippen LogP contribution in [0.3, 0.4) is 0 Å². The second-order valence-electron chi connectivity index (χ2n) is 4.71. The largest absolute Gasteiger partial charge is 0.490 e. The van der Waals surface area contributed by atoms with Gasteiger partial charge in [-0.15, -0.1) is 0 Å². The molecule has 0 bridgehead atoms. The van der Waals surface area contributed by atoms with Crippen LogP contribution in [0.15, 0.2) is 24.3 Å². The maximum absolute atomic E-state index is 5.75. The Hall–Kier alpha value is -1.06. The standard InChI is InChI=1S/C15H23NO2/c1-3-17-11-10-15(16-2)12-4-6-13(7-5-12)18-14-8-9-14/h4-7,14-16H,3,8-11H2,1-2H3. The topological polar surface area (TPSA) is 30.5 Å². The molecule has 1 aromatic carbocycles. The van der Waals surface area contributed by atoms with Crippen molar-refractivity contribution >= 4 is 0 Å². The Morgan fingerprint density at radius 1 is 1.28 bits per heavy atom. The molecule has 0 heterocycles. The van der Waals surface area contributed by atoms with Crippen LogP contribution in [0, 0.1) is 0 Å². The fourth-order valence-corrected chi connectivity index (χ4v) is 1.98. The number of hydrogen-bond donors (Lipinski definition) is 1. The second kappa shape index (κ2) is 6.76. The number of rotatable bonds is 8. The van der Waals surface area contributed by atoms with E-state index in [0.29, 0.717) is 12.1 Å². The van der Waals surface area contributed by atoms with Crippen molar-refractivity contribution in [1.29, 1.82) is 0 Å². The van der Waals surface area contributed by atoms with Crippen LogP contribution in [0.2, 0.25) is 0 Å². The first-order valence-electron chi connectivity index (χ1n) is 6.85. The normalized spacial score (nSPS) is 16.6. The molecular weight excluding hydrogens is 226 g/mol. The third kappa shape index (κ3) is 4.00. The Labute approximate surface area is 109 Å². The third-order valence-corrected chi connectivity index (χ3v) is 3.21. The fraction of sp³-hybridized carbons (Fsp3) is 0.600. The van der Waals surface area contributed by atoms with E-state index < -0.39 is 0 Å². The van der Waals surface area contributed by atoms with Crippen LogP contribution in [-0.2, 0) is 4.74 Å². The third-order valence-electron chi connectivity index (χ3n) is 3.21. The summed E-state index contributed by atoms with van der Waals surface area (Å²) >= 11 is 0. The first-order valence-corrected chi connectivity index (χ1v) is 6.85. The molecular formula is C15H23NO2. The Bertz CT molecular complexity index is 346. The predicted molar refractivity (Wildman–Crippen MR) is 73.0 cm³/mol. The highest BCUT2D eigenvalue weighted by atomic mass is 16.5. The van der Waals surface area contributed by atoms with Crippen LogP contribution in [0.1, 0.15) is 37.8 Å². The average Bonchev–Trinajstić information content (AvgIpc) is 3.20. The molecule has 0 saturated heterocycles. The first kappa shape index (κ1) is 13.4. The minimum absolute atomic E-state index is 0.353. The highest BCUT2D eigenvalue weighted by Gasteiger charge is 2.23. The van der Waals surface area contributed by atoms with Crippen molar-refractivity contribution in [3.63, 3.8) is 0 Å². The van der Waals surface area contributed by atoms with Gasteiger partial charge in [0.25, 0.3) is 0 Å². The summed E-state index contributed by atoms with van der Waals surface area (Å²) < 4.78 is 11.2. The quantitative estimate of drug-likeness (QED) is 0.719. The average molecular weight is 249 g/mol. The molecule has 0 spiro atoms. The number of hydrogen-bond acceptors (Lipinski definition) is 3. The highest BCUT2D eigenvalue weighted by Crippen LogP contribution is 2.27. The molecule has 1 aliphatic carbocycles. The molecule has 3 heteroatoms. The number of nitrogens with one attached hydrogen (secondary N) is 1. The van der Waals surface area contributed by atoms with Crippen molar-refractivity contribution in [3.05, 3.63) is 29.8 Å². The zero-order chi connectivity index (χ0) is 12.8. The monoisotopic (exact) mass is 249 g/mol. The lowest BCUT2D eigenvalue weighted by atomic mass is 10.0. The molecule has 1 aliphatic rings. The Morgan fingerprint density at radius 3 is 2.56 bits per heavy atom. The van der Waals surface area contributed by atoms with Gasteiger partial charge in [-0.3, -0.25) is 0 Å². The molecule has 18 heavy (non-hydrogen) atoms. The summed E-state index contributed by atoms with van der Waals surface area (Å²) in [5, 5.41) is 3.33. The lowest BCUT2D eigenvalue weighted by Gasteiger charge is -2.17. The molecule has 1 N–H and O–H groups in total. The van der Waals surface area contributed by atoms with Gasteiger partial charge >= 0.3 is 0 Å². The molecule has 0 aliphatic heterocycles. The molecule has 1 fully saturated rings. The summed E-state index contributed by atoms with van der Waals surface area (Å²) in [5.74, 6) is 0.987. The summed E-state index contributed by atoms with van der Waals surface area (Å²) in [7, 11) is 1.99. The van der Waals surface area contributed by atoms with Crippen LogP contribution in [0.4, 0.5) is 0 Å². The maximum Gasteiger partial charge on any atom is 0.119 e. The van der Waals surface area contributed by atoms with E-state index in [1.165, 1.54) is 18.4 Å². The fourth-order valence-electron chi connectivity index (χ4n) is 1.98. The summed E-state index contributed by atoms with van der Waals surface area (Å²) in [5.41, 5.74) is 1.29. The molecule has 1 aromatic rings. The molecule has 2 rings (SSSR count). The summed E-state index contributed by atoms with van der Waals surface area (Å²) in [4.78, 5) is 0. The Kier molecular flexibility index (Phi) is 5.02. The lowest BCUT2D eigenvalue weighted by Crippen LogP contribution is -2.18. The number of ether oxygens (including phenoxy) is 2. The molecule has 3 nitrogen and oxygen atoms in total. The summed E-state index contributed by atoms with van der Waals surface area (Å²) in [6.45, 7) is 3.60. The SMILES string of the molecule is CCOCCC(NC)c1ccc(OC2CC2)cc1. The van der Waals surface area contributed by atoms with E-state index in [4.69, 9.17) is 9.47 Å². The second-order valence-corrected chi connectivity index (χ2v) is 4.71. The van der Waals surface area contributed by atoms with Crippen LogP contribution >= 0.6 is 0 Å². The maximum atomic E-state index is 5.75. The van der Waals surface area contributed by atoms with Gasteiger partial charge in [-0.2, -0.15) is 0 Å². The van der Waals surface area contributed by atoms with Crippen molar-refractivity contribution < 1.29 is 9.47 Å². The van der Waals surface area contributed by atoms with Crippen molar-refractivity contribution in [3.8, 4) is 5.75 Å². The van der Waals surface area contributed by atoms with Gasteiger partial charge in [0.2, 0.25) is 0 Å². The van der Waals surface area contributed by atoms with E-state index in [2.05, 4.69) is 29.6 Å². The highest BCUT2D eigenvalue weighted by molar-refractivity contribution is 5.29. The predicted octanol–water partition coefficient (Wildman–Crippen LogP) is 2.91. The van der Waals surface area contributed by atoms with Crippen molar-refractivity contribution in [1.82, 2.24) is 5.32 Å². The van der Waals surface area contributed by atoms with Crippen molar-refractivity contribution in [2.24, 2.45) is 0 Å². The molecule has 1 saturated carbocycles. The zero-order valence-corrected chi connectivity index (χ0v) is 11.3. The summed E-state index contributed by atoms with van der Waals surface area (Å²) in [6.07, 6.45) is 3.87. The van der Waals surface area contributed by atoms with Crippen LogP contribution in [0.25, 0.3) is 0 Å². The van der Waals surface area contributed by atoms with E-state index >= 15 is 0 Å². The van der Waals surface area contributed by atoms with E-state index in [9.17, 15) is 0 Å². The van der Waals surface area contributed by atoms with Gasteiger partial charge < -0.3 is 14.8 Å². The molecule has 1 atom stereocenters. The Morgan fingerprint density at radius 2 is 2.00 bits per heavy atom. The summed E-state index contributed by atoms with van der Waals surface area (Å²) in [6, 6.07) is 8.78. The van der Waals surface area contributed by atoms with Crippen molar-refractivity contribution in [2.75, 3.05) is 20.3 Å².